The summed E-state index contributed by atoms with van der Waals surface area (Å²) in [5.41, 5.74) is 5.01. The molecule has 186 valence electrons. The van der Waals surface area contributed by atoms with Crippen molar-refractivity contribution in [3.05, 3.63) is 71.5 Å². The molecule has 0 unspecified atom stereocenters. The van der Waals surface area contributed by atoms with E-state index < -0.39 is 21.5 Å². The molecule has 2 aromatic rings. The quantitative estimate of drug-likeness (QED) is 0.246. The molecule has 10 heteroatoms. The molecule has 0 saturated heterocycles. The molecule has 0 amide bonds. The van der Waals surface area contributed by atoms with Crippen molar-refractivity contribution < 1.29 is 21.4 Å². The molecule has 4 rings (SSSR count). The molecular weight excluding hydrogens is 619 g/mol. The van der Waals surface area contributed by atoms with Gasteiger partial charge in [-0.1, -0.05) is 19.9 Å². The first-order valence-corrected chi connectivity index (χ1v) is 17.2. The predicted octanol–water partition coefficient (Wildman–Crippen LogP) is 5.61. The van der Waals surface area contributed by atoms with Crippen molar-refractivity contribution in [1.29, 1.82) is 0 Å². The van der Waals surface area contributed by atoms with Crippen molar-refractivity contribution in [2.75, 3.05) is 19.0 Å². The van der Waals surface area contributed by atoms with E-state index in [9.17, 15) is 16.8 Å². The molecule has 2 aliphatic heterocycles. The van der Waals surface area contributed by atoms with Crippen LogP contribution in [-0.2, 0) is 26.9 Å². The number of fused-ring (bicyclic) bond motifs is 2. The Morgan fingerprint density at radius 1 is 0.943 bits per heavy atom. The Kier molecular flexibility index (Phi) is 6.35. The van der Waals surface area contributed by atoms with Crippen molar-refractivity contribution in [3.8, 4) is 0 Å². The summed E-state index contributed by atoms with van der Waals surface area (Å²) < 4.78 is 50.0. The van der Waals surface area contributed by atoms with E-state index in [4.69, 9.17) is 10.7 Å². The molecule has 0 aliphatic carbocycles. The van der Waals surface area contributed by atoms with Gasteiger partial charge in [-0.25, -0.2) is 16.8 Å². The fourth-order valence-electron chi connectivity index (χ4n) is 5.16. The second kappa shape index (κ2) is 8.43. The number of benzene rings is 2. The first kappa shape index (κ1) is 26.4. The van der Waals surface area contributed by atoms with Crippen LogP contribution < -0.4 is 4.90 Å². The fourth-order valence-corrected chi connectivity index (χ4v) is 7.25. The van der Waals surface area contributed by atoms with Crippen LogP contribution in [0.4, 0.5) is 11.4 Å². The molecule has 0 atom stereocenters. The smallest absolute Gasteiger partial charge is 0.261 e. The van der Waals surface area contributed by atoms with Gasteiger partial charge >= 0.3 is 0 Å². The Labute approximate surface area is 223 Å². The van der Waals surface area contributed by atoms with Gasteiger partial charge in [0.2, 0.25) is 12.7 Å². The van der Waals surface area contributed by atoms with Gasteiger partial charge in [0.1, 0.15) is 7.05 Å². The highest BCUT2D eigenvalue weighted by Crippen LogP contribution is 2.48. The maximum Gasteiger partial charge on any atom is 0.261 e. The lowest BCUT2D eigenvalue weighted by Crippen LogP contribution is -2.27. The Hall–Kier alpha value is -1.69. The van der Waals surface area contributed by atoms with Crippen LogP contribution >= 0.6 is 31.9 Å². The van der Waals surface area contributed by atoms with E-state index >= 15 is 0 Å². The summed E-state index contributed by atoms with van der Waals surface area (Å²) in [6.45, 7) is 8.28. The van der Waals surface area contributed by atoms with Gasteiger partial charge in [0.15, 0.2) is 5.71 Å². The van der Waals surface area contributed by atoms with Crippen molar-refractivity contribution in [3.63, 3.8) is 0 Å². The second-order valence-electron chi connectivity index (χ2n) is 9.90. The van der Waals surface area contributed by atoms with Crippen molar-refractivity contribution in [1.82, 2.24) is 0 Å². The summed E-state index contributed by atoms with van der Waals surface area (Å²) in [5, 5.41) is 0. The zero-order valence-electron chi connectivity index (χ0n) is 20.3. The Morgan fingerprint density at radius 3 is 2.14 bits per heavy atom. The van der Waals surface area contributed by atoms with Crippen LogP contribution in [0.1, 0.15) is 38.8 Å². The first-order chi connectivity index (χ1) is 16.0. The minimum absolute atomic E-state index is 0.0896. The monoisotopic (exact) mass is 645 g/mol. The maximum atomic E-state index is 12.1. The van der Waals surface area contributed by atoms with Crippen LogP contribution in [0.15, 0.2) is 70.1 Å². The van der Waals surface area contributed by atoms with Gasteiger partial charge in [0.25, 0.3) is 9.05 Å². The normalized spacial score (nSPS) is 20.1. The van der Waals surface area contributed by atoms with E-state index in [1.54, 1.807) is 24.3 Å². The SMILES string of the molecule is CN1C(=CC=CC2=[N+](C)c3ccc(S(=O)(=O)Cl)cc3C2(C)C)C(C)(C)c2cc(S(=O)(=O)I)ccc21. The molecule has 2 aromatic carbocycles. The lowest BCUT2D eigenvalue weighted by molar-refractivity contribution is -0.401. The molecule has 0 spiro atoms. The number of hydrogen-bond acceptors (Lipinski definition) is 5. The zero-order valence-corrected chi connectivity index (χ0v) is 24.8. The molecule has 35 heavy (non-hydrogen) atoms. The number of likely N-dealkylation sites (N-methyl/N-ethyl adjacent to an activating group) is 1. The second-order valence-corrected chi connectivity index (χ2v) is 17.3. The lowest BCUT2D eigenvalue weighted by Gasteiger charge is -2.23. The molecule has 0 saturated carbocycles. The highest BCUT2D eigenvalue weighted by atomic mass is 127. The van der Waals surface area contributed by atoms with Crippen molar-refractivity contribution in [2.45, 2.75) is 48.3 Å². The number of nitrogens with zero attached hydrogens (tertiary/aromatic N) is 2. The summed E-state index contributed by atoms with van der Waals surface area (Å²) >= 11 is 1.47. The van der Waals surface area contributed by atoms with E-state index in [0.717, 1.165) is 33.9 Å². The lowest BCUT2D eigenvalue weighted by atomic mass is 9.81. The van der Waals surface area contributed by atoms with Crippen LogP contribution in [0.5, 0.6) is 0 Å². The van der Waals surface area contributed by atoms with Gasteiger partial charge in [-0.2, -0.15) is 4.58 Å². The van der Waals surface area contributed by atoms with Gasteiger partial charge in [0.05, 0.1) is 36.4 Å². The Bertz CT molecular complexity index is 1570. The summed E-state index contributed by atoms with van der Waals surface area (Å²) in [4.78, 5) is 2.48. The number of anilines is 1. The van der Waals surface area contributed by atoms with E-state index in [1.807, 2.05) is 38.4 Å². The van der Waals surface area contributed by atoms with Crippen molar-refractivity contribution >= 4 is 65.0 Å². The summed E-state index contributed by atoms with van der Waals surface area (Å²) in [5.74, 6) is 0. The number of rotatable bonds is 4. The standard InChI is InChI=1S/C25H27ClIN2O4S2/c1-24(2)18-14-16(34(26,30)31)10-12-20(18)28(5)22(24)8-7-9-23-25(3,4)19-15-17(35(27,32)33)11-13-21(19)29(23)6/h7-15H,1-6H3/q+1. The number of allylic oxidation sites excluding steroid dienone is 4. The molecule has 0 aromatic heterocycles. The van der Waals surface area contributed by atoms with E-state index in [-0.39, 0.29) is 10.3 Å². The summed E-state index contributed by atoms with van der Waals surface area (Å²) in [7, 11) is 2.37. The zero-order chi connectivity index (χ0) is 26.1. The Balaban J connectivity index is 1.72. The van der Waals surface area contributed by atoms with Gasteiger partial charge in [-0.05, 0) is 55.8 Å². The summed E-state index contributed by atoms with van der Waals surface area (Å²) in [6.07, 6.45) is 6.08. The van der Waals surface area contributed by atoms with Gasteiger partial charge in [-0.3, -0.25) is 0 Å². The van der Waals surface area contributed by atoms with E-state index in [0.29, 0.717) is 4.90 Å². The maximum absolute atomic E-state index is 12.1. The van der Waals surface area contributed by atoms with Crippen LogP contribution in [0.25, 0.3) is 0 Å². The molecule has 2 heterocycles. The van der Waals surface area contributed by atoms with Gasteiger partial charge in [0, 0.05) is 52.2 Å². The predicted molar refractivity (Wildman–Crippen MR) is 150 cm³/mol. The minimum Gasteiger partial charge on any atom is -0.347 e. The average molecular weight is 646 g/mol. The third-order valence-corrected chi connectivity index (χ3v) is 10.8. The van der Waals surface area contributed by atoms with Gasteiger partial charge in [-0.15, -0.1) is 0 Å². The third-order valence-electron chi connectivity index (χ3n) is 7.08. The number of halogens is 2. The average Bonchev–Trinajstić information content (AvgIpc) is 3.05. The molecule has 0 N–H and O–H groups in total. The number of hydrogen-bond donors (Lipinski definition) is 0. The third kappa shape index (κ3) is 4.38. The highest BCUT2D eigenvalue weighted by Gasteiger charge is 2.44. The van der Waals surface area contributed by atoms with Crippen molar-refractivity contribution in [2.24, 2.45) is 0 Å². The largest absolute Gasteiger partial charge is 0.347 e. The summed E-state index contributed by atoms with van der Waals surface area (Å²) in [6, 6.07) is 10.2. The highest BCUT2D eigenvalue weighted by molar-refractivity contribution is 14.2. The minimum atomic E-state index is -3.82. The van der Waals surface area contributed by atoms with Crippen LogP contribution in [0, 0.1) is 0 Å². The molecule has 0 radical (unpaired) electrons. The molecular formula is C25H27ClIN2O4S2+. The van der Waals surface area contributed by atoms with E-state index in [1.165, 1.54) is 27.3 Å². The molecule has 2 aliphatic rings. The van der Waals surface area contributed by atoms with Crippen LogP contribution in [-0.4, -0.2) is 41.2 Å². The molecule has 6 nitrogen and oxygen atoms in total. The fraction of sp³-hybridized carbons (Fsp3) is 0.320. The van der Waals surface area contributed by atoms with E-state index in [2.05, 4.69) is 37.2 Å². The molecule has 0 fully saturated rings. The topological polar surface area (TPSA) is 74.5 Å². The Morgan fingerprint density at radius 2 is 1.54 bits per heavy atom. The molecule has 0 bridgehead atoms. The van der Waals surface area contributed by atoms with Crippen LogP contribution in [0.2, 0.25) is 0 Å². The van der Waals surface area contributed by atoms with Crippen LogP contribution in [0.3, 0.4) is 0 Å². The van der Waals surface area contributed by atoms with Gasteiger partial charge < -0.3 is 4.90 Å². The first-order valence-electron chi connectivity index (χ1n) is 10.9.